The van der Waals surface area contributed by atoms with Crippen molar-refractivity contribution in [1.82, 2.24) is 10.2 Å². The first-order valence-corrected chi connectivity index (χ1v) is 5.92. The minimum atomic E-state index is -0.367. The molecule has 2 amide bonds. The molecule has 0 aliphatic carbocycles. The van der Waals surface area contributed by atoms with Gasteiger partial charge in [0, 0.05) is 17.3 Å². The standard InChI is InChI=1S/C13H10N4O3/c18-11-4-3-10(16-17-11)15-13(20)8-2-1-7-6-12(19)14-9(7)5-8/h1-5H,6H2,(H,14,19)(H,17,18)(H,15,16,20). The molecule has 0 atom stereocenters. The van der Waals surface area contributed by atoms with Crippen LogP contribution in [0.5, 0.6) is 0 Å². The lowest BCUT2D eigenvalue weighted by Gasteiger charge is -2.05. The summed E-state index contributed by atoms with van der Waals surface area (Å²) >= 11 is 0. The third-order valence-electron chi connectivity index (χ3n) is 2.92. The number of H-pyrrole nitrogens is 1. The van der Waals surface area contributed by atoms with Crippen LogP contribution in [0.3, 0.4) is 0 Å². The van der Waals surface area contributed by atoms with Crippen LogP contribution in [0.2, 0.25) is 0 Å². The van der Waals surface area contributed by atoms with Crippen LogP contribution in [0, 0.1) is 0 Å². The van der Waals surface area contributed by atoms with Gasteiger partial charge >= 0.3 is 0 Å². The predicted octanol–water partition coefficient (Wildman–Crippen LogP) is 0.517. The van der Waals surface area contributed by atoms with Crippen LogP contribution >= 0.6 is 0 Å². The first kappa shape index (κ1) is 12.1. The van der Waals surface area contributed by atoms with E-state index in [4.69, 9.17) is 0 Å². The second-order valence-electron chi connectivity index (χ2n) is 4.36. The number of benzene rings is 1. The molecule has 1 aliphatic heterocycles. The number of carbonyl (C=O) groups is 2. The summed E-state index contributed by atoms with van der Waals surface area (Å²) in [6.45, 7) is 0. The molecule has 0 unspecified atom stereocenters. The maximum Gasteiger partial charge on any atom is 0.264 e. The zero-order valence-corrected chi connectivity index (χ0v) is 10.3. The molecule has 1 aromatic carbocycles. The molecule has 0 spiro atoms. The normalized spacial score (nSPS) is 12.7. The highest BCUT2D eigenvalue weighted by molar-refractivity contribution is 6.06. The van der Waals surface area contributed by atoms with Gasteiger partial charge in [-0.1, -0.05) is 6.07 Å². The van der Waals surface area contributed by atoms with E-state index in [0.717, 1.165) is 5.56 Å². The first-order valence-electron chi connectivity index (χ1n) is 5.92. The Morgan fingerprint density at radius 1 is 1.20 bits per heavy atom. The van der Waals surface area contributed by atoms with E-state index in [1.165, 1.54) is 12.1 Å². The summed E-state index contributed by atoms with van der Waals surface area (Å²) in [5, 5.41) is 11.2. The van der Waals surface area contributed by atoms with Gasteiger partial charge in [0.1, 0.15) is 0 Å². The molecule has 7 nitrogen and oxygen atoms in total. The molecule has 0 fully saturated rings. The van der Waals surface area contributed by atoms with Crippen molar-refractivity contribution < 1.29 is 9.59 Å². The molecule has 7 heteroatoms. The van der Waals surface area contributed by atoms with Gasteiger partial charge in [-0.25, -0.2) is 5.10 Å². The number of aromatic nitrogens is 2. The van der Waals surface area contributed by atoms with E-state index in [1.807, 2.05) is 0 Å². The fraction of sp³-hybridized carbons (Fsp3) is 0.0769. The number of amides is 2. The third kappa shape index (κ3) is 2.28. The van der Waals surface area contributed by atoms with Gasteiger partial charge in [-0.2, -0.15) is 5.10 Å². The monoisotopic (exact) mass is 270 g/mol. The summed E-state index contributed by atoms with van der Waals surface area (Å²) in [7, 11) is 0. The van der Waals surface area contributed by atoms with Crippen molar-refractivity contribution in [3.8, 4) is 0 Å². The van der Waals surface area contributed by atoms with Crippen molar-refractivity contribution in [1.29, 1.82) is 0 Å². The van der Waals surface area contributed by atoms with Gasteiger partial charge in [0.25, 0.3) is 11.5 Å². The number of hydrogen-bond acceptors (Lipinski definition) is 4. The summed E-state index contributed by atoms with van der Waals surface area (Å²) in [6.07, 6.45) is 0.332. The fourth-order valence-electron chi connectivity index (χ4n) is 1.96. The van der Waals surface area contributed by atoms with Crippen LogP contribution in [0.25, 0.3) is 0 Å². The van der Waals surface area contributed by atoms with Crippen molar-refractivity contribution >= 4 is 23.3 Å². The molecule has 0 radical (unpaired) electrons. The van der Waals surface area contributed by atoms with E-state index < -0.39 is 0 Å². The maximum absolute atomic E-state index is 12.0. The second-order valence-corrected chi connectivity index (χ2v) is 4.36. The van der Waals surface area contributed by atoms with Gasteiger partial charge in [0.15, 0.2) is 5.82 Å². The van der Waals surface area contributed by atoms with Crippen LogP contribution < -0.4 is 16.2 Å². The van der Waals surface area contributed by atoms with Crippen molar-refractivity contribution in [2.24, 2.45) is 0 Å². The lowest BCUT2D eigenvalue weighted by molar-refractivity contribution is -0.115. The number of carbonyl (C=O) groups excluding carboxylic acids is 2. The average Bonchev–Trinajstić information content (AvgIpc) is 2.80. The van der Waals surface area contributed by atoms with Gasteiger partial charge in [0.2, 0.25) is 5.91 Å². The van der Waals surface area contributed by atoms with E-state index in [9.17, 15) is 14.4 Å². The smallest absolute Gasteiger partial charge is 0.264 e. The van der Waals surface area contributed by atoms with Crippen LogP contribution in [-0.4, -0.2) is 22.0 Å². The molecule has 0 bridgehead atoms. The molecule has 1 aliphatic rings. The quantitative estimate of drug-likeness (QED) is 0.739. The Labute approximate surface area is 113 Å². The number of fused-ring (bicyclic) bond motifs is 1. The van der Waals surface area contributed by atoms with Gasteiger partial charge < -0.3 is 10.6 Å². The zero-order valence-electron chi connectivity index (χ0n) is 10.3. The average molecular weight is 270 g/mol. The highest BCUT2D eigenvalue weighted by Crippen LogP contribution is 2.24. The molecule has 20 heavy (non-hydrogen) atoms. The van der Waals surface area contributed by atoms with Crippen LogP contribution in [0.1, 0.15) is 15.9 Å². The number of nitrogens with one attached hydrogen (secondary N) is 3. The second kappa shape index (κ2) is 4.61. The Morgan fingerprint density at radius 3 is 2.80 bits per heavy atom. The maximum atomic E-state index is 12.0. The summed E-state index contributed by atoms with van der Waals surface area (Å²) < 4.78 is 0. The van der Waals surface area contributed by atoms with Gasteiger partial charge in [0.05, 0.1) is 6.42 Å². The lowest BCUT2D eigenvalue weighted by atomic mass is 10.1. The van der Waals surface area contributed by atoms with Gasteiger partial charge in [-0.05, 0) is 23.8 Å². The largest absolute Gasteiger partial charge is 0.326 e. The SMILES string of the molecule is O=C1Cc2ccc(C(=O)Nc3ccc(=O)[nH]n3)cc2N1. The fourth-order valence-corrected chi connectivity index (χ4v) is 1.96. The van der Waals surface area contributed by atoms with E-state index in [0.29, 0.717) is 17.7 Å². The molecule has 100 valence electrons. The molecule has 2 aromatic rings. The van der Waals surface area contributed by atoms with Gasteiger partial charge in [-0.15, -0.1) is 0 Å². The minimum Gasteiger partial charge on any atom is -0.326 e. The predicted molar refractivity (Wildman–Crippen MR) is 71.6 cm³/mol. The molecular formula is C13H10N4O3. The number of hydrogen-bond donors (Lipinski definition) is 3. The first-order chi connectivity index (χ1) is 9.61. The molecule has 3 N–H and O–H groups in total. The van der Waals surface area contributed by atoms with Crippen molar-refractivity contribution in [2.45, 2.75) is 6.42 Å². The summed E-state index contributed by atoms with van der Waals surface area (Å²) in [4.78, 5) is 34.1. The van der Waals surface area contributed by atoms with Crippen molar-refractivity contribution in [2.75, 3.05) is 10.6 Å². The van der Waals surface area contributed by atoms with Gasteiger partial charge in [-0.3, -0.25) is 14.4 Å². The Balaban J connectivity index is 1.81. The minimum absolute atomic E-state index is 0.0835. The number of rotatable bonds is 2. The molecule has 3 rings (SSSR count). The highest BCUT2D eigenvalue weighted by atomic mass is 16.2. The third-order valence-corrected chi connectivity index (χ3v) is 2.92. The van der Waals surface area contributed by atoms with Crippen LogP contribution in [-0.2, 0) is 11.2 Å². The van der Waals surface area contributed by atoms with Crippen molar-refractivity contribution in [3.05, 3.63) is 51.8 Å². The Kier molecular flexibility index (Phi) is 2.79. The molecule has 1 aromatic heterocycles. The molecular weight excluding hydrogens is 260 g/mol. The molecule has 0 saturated carbocycles. The number of aromatic amines is 1. The Bertz CT molecular complexity index is 746. The summed E-state index contributed by atoms with van der Waals surface area (Å²) in [6, 6.07) is 7.67. The summed E-state index contributed by atoms with van der Waals surface area (Å²) in [5.41, 5.74) is 1.58. The number of anilines is 2. The Hall–Kier alpha value is -2.96. The molecule has 2 heterocycles. The lowest BCUT2D eigenvalue weighted by Crippen LogP contribution is -2.15. The van der Waals surface area contributed by atoms with Crippen molar-refractivity contribution in [3.63, 3.8) is 0 Å². The van der Waals surface area contributed by atoms with E-state index in [2.05, 4.69) is 20.8 Å². The molecule has 0 saturated heterocycles. The van der Waals surface area contributed by atoms with Crippen LogP contribution in [0.15, 0.2) is 35.1 Å². The van der Waals surface area contributed by atoms with Crippen LogP contribution in [0.4, 0.5) is 11.5 Å². The number of nitrogens with zero attached hydrogens (tertiary/aromatic N) is 1. The highest BCUT2D eigenvalue weighted by Gasteiger charge is 2.19. The van der Waals surface area contributed by atoms with E-state index in [1.54, 1.807) is 18.2 Å². The Morgan fingerprint density at radius 2 is 2.05 bits per heavy atom. The zero-order chi connectivity index (χ0) is 14.1. The topological polar surface area (TPSA) is 104 Å². The van der Waals surface area contributed by atoms with E-state index in [-0.39, 0.29) is 23.2 Å². The van der Waals surface area contributed by atoms with E-state index >= 15 is 0 Å². The summed E-state index contributed by atoms with van der Waals surface area (Å²) in [5.74, 6) is -0.201.